The Kier molecular flexibility index (Phi) is 5.92. The van der Waals surface area contributed by atoms with E-state index in [1.807, 2.05) is 18.2 Å². The number of rotatable bonds is 7. The number of pyridine rings is 1. The molecule has 0 bridgehead atoms. The average Bonchev–Trinajstić information content (AvgIpc) is 2.78. The van der Waals surface area contributed by atoms with Crippen molar-refractivity contribution >= 4 is 22.4 Å². The Labute approximate surface area is 175 Å². The van der Waals surface area contributed by atoms with Crippen LogP contribution in [0.5, 0.6) is 0 Å². The first-order valence-corrected chi connectivity index (χ1v) is 10.2. The van der Waals surface area contributed by atoms with Crippen LogP contribution < -0.4 is 10.6 Å². The molecule has 1 fully saturated rings. The molecule has 1 aromatic heterocycles. The first kappa shape index (κ1) is 20.3. The molecule has 1 saturated heterocycles. The average molecular weight is 406 g/mol. The van der Waals surface area contributed by atoms with Crippen molar-refractivity contribution in [3.05, 3.63) is 76.3 Å². The lowest BCUT2D eigenvalue weighted by Gasteiger charge is -2.40. The lowest BCUT2D eigenvalue weighted by Crippen LogP contribution is -2.54. The van der Waals surface area contributed by atoms with Gasteiger partial charge < -0.3 is 15.4 Å². The summed E-state index contributed by atoms with van der Waals surface area (Å²) in [6.07, 6.45) is 1.83. The number of nitro groups is 1. The van der Waals surface area contributed by atoms with E-state index in [0.29, 0.717) is 0 Å². The molecule has 0 amide bonds. The molecule has 2 heterocycles. The molecule has 4 rings (SSSR count). The Balaban J connectivity index is 1.49. The van der Waals surface area contributed by atoms with Gasteiger partial charge in [0.2, 0.25) is 0 Å². The monoisotopic (exact) mass is 406 g/mol. The predicted molar refractivity (Wildman–Crippen MR) is 118 cm³/mol. The fraction of sp³-hybridized carbons (Fsp3) is 0.348. The highest BCUT2D eigenvalue weighted by Crippen LogP contribution is 2.27. The van der Waals surface area contributed by atoms with Crippen LogP contribution in [0.2, 0.25) is 0 Å². The maximum atomic E-state index is 11.0. The number of nitrogens with one attached hydrogen (secondary N) is 2. The minimum Gasteiger partial charge on any atom is -0.381 e. The first-order chi connectivity index (χ1) is 14.5. The zero-order valence-corrected chi connectivity index (χ0v) is 17.0. The first-order valence-electron chi connectivity index (χ1n) is 10.2. The van der Waals surface area contributed by atoms with E-state index in [-0.39, 0.29) is 22.2 Å². The van der Waals surface area contributed by atoms with Crippen molar-refractivity contribution in [2.45, 2.75) is 31.3 Å². The number of non-ortho nitro benzene ring substituents is 1. The molecule has 1 unspecified atom stereocenters. The van der Waals surface area contributed by atoms with Crippen LogP contribution in [0.25, 0.3) is 10.9 Å². The molecule has 156 valence electrons. The van der Waals surface area contributed by atoms with Gasteiger partial charge in [-0.15, -0.1) is 0 Å². The summed E-state index contributed by atoms with van der Waals surface area (Å²) >= 11 is 0. The maximum absolute atomic E-state index is 11.0. The molecule has 7 heteroatoms. The summed E-state index contributed by atoms with van der Waals surface area (Å²) < 4.78 is 5.61. The minimum absolute atomic E-state index is 0.0743. The van der Waals surface area contributed by atoms with Gasteiger partial charge in [-0.2, -0.15) is 0 Å². The molecule has 7 nitrogen and oxygen atoms in total. The summed E-state index contributed by atoms with van der Waals surface area (Å²) in [6, 6.07) is 19.1. The van der Waals surface area contributed by atoms with Gasteiger partial charge in [0.25, 0.3) is 5.69 Å². The molecular formula is C23H26N4O3. The molecular weight excluding hydrogens is 380 g/mol. The smallest absolute Gasteiger partial charge is 0.270 e. The Morgan fingerprint density at radius 3 is 2.63 bits per heavy atom. The molecule has 30 heavy (non-hydrogen) atoms. The molecule has 0 spiro atoms. The third-order valence-corrected chi connectivity index (χ3v) is 5.76. The number of nitrogens with zero attached hydrogens (tertiary/aromatic N) is 2. The van der Waals surface area contributed by atoms with Crippen LogP contribution >= 0.6 is 0 Å². The maximum Gasteiger partial charge on any atom is 0.270 e. The Morgan fingerprint density at radius 2 is 1.90 bits per heavy atom. The summed E-state index contributed by atoms with van der Waals surface area (Å²) in [5.74, 6) is 0.761. The van der Waals surface area contributed by atoms with Crippen LogP contribution in [0.1, 0.15) is 31.4 Å². The quantitative estimate of drug-likeness (QED) is 0.445. The summed E-state index contributed by atoms with van der Waals surface area (Å²) in [5, 5.41) is 19.0. The summed E-state index contributed by atoms with van der Waals surface area (Å²) in [4.78, 5) is 15.2. The van der Waals surface area contributed by atoms with E-state index < -0.39 is 0 Å². The van der Waals surface area contributed by atoms with Gasteiger partial charge in [-0.1, -0.05) is 30.3 Å². The van der Waals surface area contributed by atoms with Crippen LogP contribution in [0.15, 0.2) is 60.7 Å². The third kappa shape index (κ3) is 4.58. The number of anilines is 1. The number of fused-ring (bicyclic) bond motifs is 1. The number of benzene rings is 2. The third-order valence-electron chi connectivity index (χ3n) is 5.76. The zero-order valence-electron chi connectivity index (χ0n) is 17.0. The van der Waals surface area contributed by atoms with Gasteiger partial charge in [-0.3, -0.25) is 10.1 Å². The van der Waals surface area contributed by atoms with Crippen molar-refractivity contribution in [3.8, 4) is 0 Å². The predicted octanol–water partition coefficient (Wildman–Crippen LogP) is 4.45. The normalized spacial score (nSPS) is 16.8. The lowest BCUT2D eigenvalue weighted by atomic mass is 9.88. The van der Waals surface area contributed by atoms with Crippen LogP contribution in [0.3, 0.4) is 0 Å². The Morgan fingerprint density at radius 1 is 1.13 bits per heavy atom. The molecule has 1 aliphatic rings. The van der Waals surface area contributed by atoms with E-state index in [2.05, 4.69) is 46.8 Å². The highest BCUT2D eigenvalue weighted by atomic mass is 16.6. The van der Waals surface area contributed by atoms with Crippen molar-refractivity contribution in [2.24, 2.45) is 0 Å². The Bertz CT molecular complexity index is 1020. The van der Waals surface area contributed by atoms with Crippen molar-refractivity contribution < 1.29 is 9.66 Å². The standard InChI is InChI=1S/C23H26N4O3/c1-17(18-5-3-2-4-6-18)26-23(11-13-30-14-12-23)16-24-22-10-7-19-15-20(27(28)29)8-9-21(19)25-22/h2-10,15,17,26H,11-14,16H2,1H3,(H,24,25). The van der Waals surface area contributed by atoms with E-state index in [4.69, 9.17) is 4.74 Å². The van der Waals surface area contributed by atoms with Gasteiger partial charge in [0.15, 0.2) is 0 Å². The van der Waals surface area contributed by atoms with Crippen LogP contribution in [-0.4, -0.2) is 35.2 Å². The van der Waals surface area contributed by atoms with Crippen molar-refractivity contribution in [3.63, 3.8) is 0 Å². The molecule has 3 aromatic rings. The van der Waals surface area contributed by atoms with E-state index in [1.54, 1.807) is 12.1 Å². The second-order valence-electron chi connectivity index (χ2n) is 7.85. The topological polar surface area (TPSA) is 89.3 Å². The van der Waals surface area contributed by atoms with Crippen LogP contribution in [0, 0.1) is 10.1 Å². The summed E-state index contributed by atoms with van der Waals surface area (Å²) in [5.41, 5.74) is 1.97. The number of nitro benzene ring substituents is 1. The summed E-state index contributed by atoms with van der Waals surface area (Å²) in [6.45, 7) is 4.36. The second-order valence-corrected chi connectivity index (χ2v) is 7.85. The van der Waals surface area contributed by atoms with Crippen molar-refractivity contribution in [2.75, 3.05) is 25.1 Å². The number of hydrogen-bond acceptors (Lipinski definition) is 6. The van der Waals surface area contributed by atoms with Gasteiger partial charge in [-0.25, -0.2) is 4.98 Å². The van der Waals surface area contributed by atoms with Crippen LogP contribution in [0.4, 0.5) is 11.5 Å². The molecule has 0 saturated carbocycles. The second kappa shape index (κ2) is 8.77. The van der Waals surface area contributed by atoms with Gasteiger partial charge in [0.1, 0.15) is 5.82 Å². The zero-order chi connectivity index (χ0) is 21.0. The van der Waals surface area contributed by atoms with Crippen LogP contribution in [-0.2, 0) is 4.74 Å². The number of ether oxygens (including phenoxy) is 1. The van der Waals surface area contributed by atoms with E-state index in [1.165, 1.54) is 11.6 Å². The fourth-order valence-corrected chi connectivity index (χ4v) is 4.00. The highest BCUT2D eigenvalue weighted by molar-refractivity contribution is 5.82. The summed E-state index contributed by atoms with van der Waals surface area (Å²) in [7, 11) is 0. The van der Waals surface area contributed by atoms with Gasteiger partial charge in [-0.05, 0) is 43.5 Å². The fourth-order valence-electron chi connectivity index (χ4n) is 4.00. The van der Waals surface area contributed by atoms with E-state index in [0.717, 1.165) is 49.3 Å². The lowest BCUT2D eigenvalue weighted by molar-refractivity contribution is -0.384. The number of aromatic nitrogens is 1. The van der Waals surface area contributed by atoms with E-state index in [9.17, 15) is 10.1 Å². The number of hydrogen-bond donors (Lipinski definition) is 2. The van der Waals surface area contributed by atoms with Gasteiger partial charge >= 0.3 is 0 Å². The SMILES string of the molecule is CC(NC1(CNc2ccc3cc([N+](=O)[O-])ccc3n2)CCOCC1)c1ccccc1. The molecule has 0 radical (unpaired) electrons. The molecule has 2 aromatic carbocycles. The van der Waals surface area contributed by atoms with Gasteiger partial charge in [0.05, 0.1) is 10.4 Å². The molecule has 0 aliphatic carbocycles. The van der Waals surface area contributed by atoms with Crippen molar-refractivity contribution in [1.29, 1.82) is 0 Å². The molecule has 1 aliphatic heterocycles. The van der Waals surface area contributed by atoms with Crippen molar-refractivity contribution in [1.82, 2.24) is 10.3 Å². The Hall–Kier alpha value is -3.03. The largest absolute Gasteiger partial charge is 0.381 e. The van der Waals surface area contributed by atoms with Gasteiger partial charge in [0, 0.05) is 48.9 Å². The van der Waals surface area contributed by atoms with E-state index >= 15 is 0 Å². The molecule has 2 N–H and O–H groups in total. The minimum atomic E-state index is -0.389. The molecule has 1 atom stereocenters. The highest BCUT2D eigenvalue weighted by Gasteiger charge is 2.33.